The number of carbonyl (C=O) groups excluding carboxylic acids is 1. The molecule has 1 N–H and O–H groups in total. The van der Waals surface area contributed by atoms with E-state index in [-0.39, 0.29) is 6.03 Å². The van der Waals surface area contributed by atoms with Crippen molar-refractivity contribution in [3.05, 3.63) is 24.3 Å². The van der Waals surface area contributed by atoms with E-state index < -0.39 is 0 Å². The van der Waals surface area contributed by atoms with E-state index in [0.29, 0.717) is 13.1 Å². The van der Waals surface area contributed by atoms with Gasteiger partial charge in [0, 0.05) is 49.7 Å². The van der Waals surface area contributed by atoms with Gasteiger partial charge in [0.25, 0.3) is 0 Å². The second-order valence-electron chi connectivity index (χ2n) is 4.41. The number of likely N-dealkylation sites (N-methyl/N-ethyl adjacent to an activating group) is 1. The van der Waals surface area contributed by atoms with Crippen LogP contribution in [0.1, 0.15) is 5.69 Å². The molecular formula is C12H21N5OS2. The Morgan fingerprint density at radius 1 is 1.40 bits per heavy atom. The van der Waals surface area contributed by atoms with Gasteiger partial charge in [-0.25, -0.2) is 4.79 Å². The number of amides is 2. The molecule has 0 aliphatic rings. The average Bonchev–Trinajstić information content (AvgIpc) is 2.45. The number of carbonyl (C=O) groups is 1. The molecule has 20 heavy (non-hydrogen) atoms. The Labute approximate surface area is 129 Å². The summed E-state index contributed by atoms with van der Waals surface area (Å²) in [6.45, 7) is 2.00. The Kier molecular flexibility index (Phi) is 8.40. The van der Waals surface area contributed by atoms with Gasteiger partial charge in [-0.1, -0.05) is 12.8 Å². The Bertz CT molecular complexity index is 391. The van der Waals surface area contributed by atoms with E-state index in [0.717, 1.165) is 23.7 Å². The molecule has 1 aromatic rings. The SMILES string of the molecule is CN(C)CCN(S)C(=O)NCCSCc1cnccn1. The van der Waals surface area contributed by atoms with Crippen molar-refractivity contribution in [1.29, 1.82) is 0 Å². The van der Waals surface area contributed by atoms with Crippen LogP contribution in [-0.4, -0.2) is 64.7 Å². The van der Waals surface area contributed by atoms with Gasteiger partial charge in [0.1, 0.15) is 0 Å². The molecule has 0 aliphatic carbocycles. The molecule has 0 fully saturated rings. The Hall–Kier alpha value is -0.990. The van der Waals surface area contributed by atoms with Gasteiger partial charge >= 0.3 is 6.03 Å². The van der Waals surface area contributed by atoms with Crippen LogP contribution in [-0.2, 0) is 5.75 Å². The number of thiol groups is 1. The van der Waals surface area contributed by atoms with Crippen LogP contribution >= 0.6 is 24.6 Å². The minimum Gasteiger partial charge on any atom is -0.336 e. The van der Waals surface area contributed by atoms with Crippen LogP contribution in [0.3, 0.4) is 0 Å². The van der Waals surface area contributed by atoms with Gasteiger partial charge in [0.05, 0.1) is 5.69 Å². The third-order valence-corrected chi connectivity index (χ3v) is 3.76. The van der Waals surface area contributed by atoms with Gasteiger partial charge in [-0.05, 0) is 14.1 Å². The lowest BCUT2D eigenvalue weighted by atomic mass is 10.5. The Morgan fingerprint density at radius 3 is 2.85 bits per heavy atom. The lowest BCUT2D eigenvalue weighted by Gasteiger charge is -2.18. The predicted molar refractivity (Wildman–Crippen MR) is 85.8 cm³/mol. The molecule has 0 saturated heterocycles. The smallest absolute Gasteiger partial charge is 0.327 e. The van der Waals surface area contributed by atoms with Crippen molar-refractivity contribution in [2.24, 2.45) is 0 Å². The first-order chi connectivity index (χ1) is 9.59. The van der Waals surface area contributed by atoms with E-state index in [1.54, 1.807) is 30.4 Å². The summed E-state index contributed by atoms with van der Waals surface area (Å²) in [5, 5.41) is 2.83. The van der Waals surface area contributed by atoms with Gasteiger partial charge in [-0.3, -0.25) is 14.3 Å². The fraction of sp³-hybridized carbons (Fsp3) is 0.583. The number of hydrogen-bond acceptors (Lipinski definition) is 6. The van der Waals surface area contributed by atoms with Gasteiger partial charge in [-0.15, -0.1) is 0 Å². The van der Waals surface area contributed by atoms with Crippen LogP contribution < -0.4 is 5.32 Å². The molecular weight excluding hydrogens is 294 g/mol. The number of aromatic nitrogens is 2. The highest BCUT2D eigenvalue weighted by Gasteiger charge is 2.08. The molecule has 1 aromatic heterocycles. The molecule has 0 unspecified atom stereocenters. The maximum atomic E-state index is 11.7. The van der Waals surface area contributed by atoms with Crippen LogP contribution in [0.2, 0.25) is 0 Å². The highest BCUT2D eigenvalue weighted by atomic mass is 32.2. The van der Waals surface area contributed by atoms with Crippen LogP contribution in [0.4, 0.5) is 4.79 Å². The van der Waals surface area contributed by atoms with Crippen molar-refractivity contribution in [3.63, 3.8) is 0 Å². The summed E-state index contributed by atoms with van der Waals surface area (Å²) in [5.74, 6) is 1.63. The highest BCUT2D eigenvalue weighted by Crippen LogP contribution is 2.07. The molecule has 0 spiro atoms. The summed E-state index contributed by atoms with van der Waals surface area (Å²) in [5.41, 5.74) is 0.950. The fourth-order valence-corrected chi connectivity index (χ4v) is 2.21. The first-order valence-corrected chi connectivity index (χ1v) is 7.86. The van der Waals surface area contributed by atoms with E-state index in [1.807, 2.05) is 19.0 Å². The molecule has 0 radical (unpaired) electrons. The Balaban J connectivity index is 2.07. The van der Waals surface area contributed by atoms with Crippen molar-refractivity contribution in [3.8, 4) is 0 Å². The summed E-state index contributed by atoms with van der Waals surface area (Å²) in [6.07, 6.45) is 5.09. The standard InChI is InChI=1S/C12H21N5OS2/c1-16(2)6-7-17(19)12(18)15-5-8-20-10-11-9-13-3-4-14-11/h3-4,9,19H,5-8,10H2,1-2H3,(H,15,18). The maximum Gasteiger partial charge on any atom is 0.327 e. The maximum absolute atomic E-state index is 11.7. The van der Waals surface area contributed by atoms with Crippen molar-refractivity contribution >= 4 is 30.6 Å². The van der Waals surface area contributed by atoms with E-state index >= 15 is 0 Å². The molecule has 0 aromatic carbocycles. The van der Waals surface area contributed by atoms with Crippen LogP contribution in [0.5, 0.6) is 0 Å². The van der Waals surface area contributed by atoms with Gasteiger partial charge < -0.3 is 10.2 Å². The lowest BCUT2D eigenvalue weighted by molar-refractivity contribution is 0.224. The van der Waals surface area contributed by atoms with E-state index in [4.69, 9.17) is 0 Å². The summed E-state index contributed by atoms with van der Waals surface area (Å²) < 4.78 is 1.40. The summed E-state index contributed by atoms with van der Waals surface area (Å²) in [7, 11) is 3.92. The summed E-state index contributed by atoms with van der Waals surface area (Å²) in [4.78, 5) is 21.9. The van der Waals surface area contributed by atoms with Crippen molar-refractivity contribution in [1.82, 2.24) is 24.5 Å². The minimum atomic E-state index is -0.157. The second kappa shape index (κ2) is 9.84. The number of hydrogen-bond donors (Lipinski definition) is 2. The highest BCUT2D eigenvalue weighted by molar-refractivity contribution is 7.98. The van der Waals surface area contributed by atoms with Gasteiger partial charge in [-0.2, -0.15) is 11.8 Å². The van der Waals surface area contributed by atoms with Crippen molar-refractivity contribution in [2.45, 2.75) is 5.75 Å². The lowest BCUT2D eigenvalue weighted by Crippen LogP contribution is -2.38. The molecule has 0 bridgehead atoms. The zero-order valence-corrected chi connectivity index (χ0v) is 13.5. The molecule has 112 valence electrons. The average molecular weight is 315 g/mol. The van der Waals surface area contributed by atoms with Gasteiger partial charge in [0.2, 0.25) is 0 Å². The number of rotatable bonds is 8. The topological polar surface area (TPSA) is 61.4 Å². The second-order valence-corrected chi connectivity index (χ2v) is 6.00. The number of urea groups is 1. The third-order valence-electron chi connectivity index (χ3n) is 2.38. The third kappa shape index (κ3) is 7.56. The fourth-order valence-electron chi connectivity index (χ4n) is 1.30. The van der Waals surface area contributed by atoms with E-state index in [9.17, 15) is 4.79 Å². The summed E-state index contributed by atoms with van der Waals surface area (Å²) >= 11 is 5.86. The quantitative estimate of drug-likeness (QED) is 0.556. The monoisotopic (exact) mass is 315 g/mol. The number of thioether (sulfide) groups is 1. The minimum absolute atomic E-state index is 0.157. The molecule has 1 rings (SSSR count). The first kappa shape index (κ1) is 17.1. The number of nitrogens with one attached hydrogen (secondary N) is 1. The largest absolute Gasteiger partial charge is 0.336 e. The zero-order chi connectivity index (χ0) is 14.8. The van der Waals surface area contributed by atoms with Crippen molar-refractivity contribution < 1.29 is 4.79 Å². The molecule has 8 heteroatoms. The normalized spacial score (nSPS) is 10.6. The van der Waals surface area contributed by atoms with Crippen LogP contribution in [0.15, 0.2) is 18.6 Å². The molecule has 0 atom stereocenters. The Morgan fingerprint density at radius 2 is 2.20 bits per heavy atom. The molecule has 1 heterocycles. The van der Waals surface area contributed by atoms with Crippen molar-refractivity contribution in [2.75, 3.05) is 39.5 Å². The number of nitrogens with zero attached hydrogens (tertiary/aromatic N) is 4. The zero-order valence-electron chi connectivity index (χ0n) is 11.8. The van der Waals surface area contributed by atoms with E-state index in [2.05, 4.69) is 28.1 Å². The molecule has 6 nitrogen and oxygen atoms in total. The van der Waals surface area contributed by atoms with E-state index in [1.165, 1.54) is 4.31 Å². The molecule has 0 aliphatic heterocycles. The van der Waals surface area contributed by atoms with Gasteiger partial charge in [0.15, 0.2) is 0 Å². The molecule has 2 amide bonds. The van der Waals surface area contributed by atoms with Crippen LogP contribution in [0.25, 0.3) is 0 Å². The summed E-state index contributed by atoms with van der Waals surface area (Å²) in [6, 6.07) is -0.157. The molecule has 0 saturated carbocycles. The first-order valence-electron chi connectivity index (χ1n) is 6.31. The predicted octanol–water partition coefficient (Wildman–Crippen LogP) is 1.13. The van der Waals surface area contributed by atoms with Crippen LogP contribution in [0, 0.1) is 0 Å².